The fraction of sp³-hybridized carbons (Fsp3) is 0.0870. The van der Waals surface area contributed by atoms with Crippen molar-refractivity contribution in [2.45, 2.75) is 45.8 Å². The van der Waals surface area contributed by atoms with Crippen molar-refractivity contribution in [3.8, 4) is 22.3 Å². The molecule has 3 aliphatic rings. The molecule has 0 bridgehead atoms. The lowest BCUT2D eigenvalue weighted by atomic mass is 9.82. The molecule has 0 aromatic heterocycles. The Morgan fingerprint density at radius 2 is 1.16 bits per heavy atom. The van der Waals surface area contributed by atoms with Crippen LogP contribution < -0.4 is 9.80 Å². The van der Waals surface area contributed by atoms with Crippen LogP contribution in [0.15, 0.2) is 184 Å². The first-order chi connectivity index (χ1) is 24.5. The summed E-state index contributed by atoms with van der Waals surface area (Å²) in [5.74, 6) is 0. The maximum atomic E-state index is 4.00. The Morgan fingerprint density at radius 3 is 1.78 bits per heavy atom. The number of anilines is 5. The van der Waals surface area contributed by atoms with Crippen molar-refractivity contribution >= 4 is 52.0 Å². The molecule has 0 spiro atoms. The minimum absolute atomic E-state index is 0.0547. The topological polar surface area (TPSA) is 6.48 Å². The lowest BCUT2D eigenvalue weighted by molar-refractivity contribution is 0.657. The highest BCUT2D eigenvalue weighted by Crippen LogP contribution is 2.57. The molecular weight excluding hydrogens is 645 g/mol. The molecule has 0 radical (unpaired) electrons. The summed E-state index contributed by atoms with van der Waals surface area (Å²) in [5.41, 5.74) is 14.7. The van der Waals surface area contributed by atoms with Gasteiger partial charge in [-0.2, -0.15) is 0 Å². The molecule has 9 rings (SSSR count). The minimum Gasteiger partial charge on any atom is -0.306 e. The molecule has 0 amide bonds. The Kier molecular flexibility index (Phi) is 7.42. The fourth-order valence-electron chi connectivity index (χ4n) is 7.75. The molecule has 50 heavy (non-hydrogen) atoms. The van der Waals surface area contributed by atoms with Crippen molar-refractivity contribution in [2.75, 3.05) is 9.80 Å². The van der Waals surface area contributed by atoms with Crippen LogP contribution in [0.1, 0.15) is 31.9 Å². The van der Waals surface area contributed by atoms with Crippen LogP contribution >= 0.6 is 23.5 Å². The molecule has 2 nitrogen and oxygen atoms in total. The standard InChI is InChI=1S/C46H36N2S2/c1-5-13-32(14-6-2)47-38-15-7-9-17-40(38)48(41-18-10-8-16-39(41)47)33-24-21-30(22-25-33)31-23-26-36-34(27-31)35-28-44-45(29-37(35)46(36,3)4)50-43-20-12-11-19-42(43)49-44/h5-29H,1H2,2-4H3/b14-6-,32-13+. The maximum absolute atomic E-state index is 4.00. The number of fused-ring (bicyclic) bond motifs is 7. The summed E-state index contributed by atoms with van der Waals surface area (Å²) < 4.78 is 0. The first-order valence-corrected chi connectivity index (χ1v) is 18.7. The van der Waals surface area contributed by atoms with E-state index in [1.165, 1.54) is 53.0 Å². The molecule has 1 aliphatic carbocycles. The van der Waals surface area contributed by atoms with Crippen LogP contribution in [0.4, 0.5) is 28.4 Å². The highest BCUT2D eigenvalue weighted by molar-refractivity contribution is 8.05. The third-order valence-corrected chi connectivity index (χ3v) is 12.6. The van der Waals surface area contributed by atoms with Crippen molar-refractivity contribution in [3.63, 3.8) is 0 Å². The van der Waals surface area contributed by atoms with Crippen LogP contribution in [0.5, 0.6) is 0 Å². The number of nitrogens with zero attached hydrogens (tertiary/aromatic N) is 2. The maximum Gasteiger partial charge on any atom is 0.0703 e. The van der Waals surface area contributed by atoms with Gasteiger partial charge in [0.1, 0.15) is 0 Å². The van der Waals surface area contributed by atoms with Gasteiger partial charge in [-0.3, -0.25) is 0 Å². The average molecular weight is 681 g/mol. The van der Waals surface area contributed by atoms with Gasteiger partial charge in [-0.05, 0) is 119 Å². The summed E-state index contributed by atoms with van der Waals surface area (Å²) >= 11 is 3.80. The zero-order chi connectivity index (χ0) is 34.0. The lowest BCUT2D eigenvalue weighted by Gasteiger charge is -2.40. The highest BCUT2D eigenvalue weighted by Gasteiger charge is 2.37. The third-order valence-electron chi connectivity index (χ3n) is 10.1. The van der Waals surface area contributed by atoms with Gasteiger partial charge < -0.3 is 9.80 Å². The normalized spacial score (nSPS) is 15.1. The summed E-state index contributed by atoms with van der Waals surface area (Å²) in [6.07, 6.45) is 8.14. The van der Waals surface area contributed by atoms with Gasteiger partial charge in [-0.1, -0.05) is 117 Å². The van der Waals surface area contributed by atoms with E-state index in [0.29, 0.717) is 0 Å². The molecule has 6 aromatic rings. The van der Waals surface area contributed by atoms with E-state index in [9.17, 15) is 0 Å². The minimum atomic E-state index is -0.0547. The molecule has 2 aliphatic heterocycles. The van der Waals surface area contributed by atoms with Crippen LogP contribution in [-0.2, 0) is 5.41 Å². The molecule has 4 heteroatoms. The first kappa shape index (κ1) is 30.9. The fourth-order valence-corrected chi connectivity index (χ4v) is 10.0. The van der Waals surface area contributed by atoms with Crippen molar-refractivity contribution in [1.82, 2.24) is 0 Å². The van der Waals surface area contributed by atoms with Crippen LogP contribution in [0.25, 0.3) is 22.3 Å². The monoisotopic (exact) mass is 680 g/mol. The Morgan fingerprint density at radius 1 is 0.600 bits per heavy atom. The summed E-state index contributed by atoms with van der Waals surface area (Å²) in [6.45, 7) is 10.8. The van der Waals surface area contributed by atoms with E-state index >= 15 is 0 Å². The summed E-state index contributed by atoms with van der Waals surface area (Å²) in [5, 5.41) is 0. The number of benzene rings is 6. The van der Waals surface area contributed by atoms with Gasteiger partial charge in [0.15, 0.2) is 0 Å². The summed E-state index contributed by atoms with van der Waals surface area (Å²) in [6, 6.07) is 47.1. The highest BCUT2D eigenvalue weighted by atomic mass is 32.2. The molecule has 0 fully saturated rings. The molecule has 0 N–H and O–H groups in total. The number of rotatable bonds is 5. The van der Waals surface area contributed by atoms with E-state index in [2.05, 4.69) is 183 Å². The van der Waals surface area contributed by atoms with Gasteiger partial charge in [0.25, 0.3) is 0 Å². The smallest absolute Gasteiger partial charge is 0.0703 e. The van der Waals surface area contributed by atoms with Crippen molar-refractivity contribution < 1.29 is 0 Å². The Labute approximate surface area is 303 Å². The second-order valence-electron chi connectivity index (χ2n) is 13.4. The zero-order valence-corrected chi connectivity index (χ0v) is 30.0. The lowest BCUT2D eigenvalue weighted by Crippen LogP contribution is -2.26. The van der Waals surface area contributed by atoms with Gasteiger partial charge in [-0.15, -0.1) is 0 Å². The molecular formula is C46H36N2S2. The second kappa shape index (κ2) is 12.0. The van der Waals surface area contributed by atoms with Gasteiger partial charge >= 0.3 is 0 Å². The van der Waals surface area contributed by atoms with Crippen LogP contribution in [0.2, 0.25) is 0 Å². The van der Waals surface area contributed by atoms with Gasteiger partial charge in [0.2, 0.25) is 0 Å². The second-order valence-corrected chi connectivity index (χ2v) is 15.6. The van der Waals surface area contributed by atoms with Crippen molar-refractivity contribution in [2.24, 2.45) is 0 Å². The molecule has 0 unspecified atom stereocenters. The van der Waals surface area contributed by atoms with Gasteiger partial charge in [-0.25, -0.2) is 0 Å². The number of para-hydroxylation sites is 4. The van der Waals surface area contributed by atoms with E-state index in [-0.39, 0.29) is 5.41 Å². The SMILES string of the molecule is C=C/C=C(\C=C/C)N1c2ccccc2N(c2ccc(-c3ccc4c(c3)-c3cc5c(cc3C4(C)C)Sc3ccccc3S5)cc2)c2ccccc21. The predicted octanol–water partition coefficient (Wildman–Crippen LogP) is 13.8. The largest absolute Gasteiger partial charge is 0.306 e. The van der Waals surface area contributed by atoms with E-state index < -0.39 is 0 Å². The summed E-state index contributed by atoms with van der Waals surface area (Å²) in [7, 11) is 0. The predicted molar refractivity (Wildman–Crippen MR) is 214 cm³/mol. The van der Waals surface area contributed by atoms with Crippen LogP contribution in [0, 0.1) is 0 Å². The van der Waals surface area contributed by atoms with E-state index in [1.807, 2.05) is 29.6 Å². The first-order valence-electron chi connectivity index (χ1n) is 17.1. The van der Waals surface area contributed by atoms with E-state index in [4.69, 9.17) is 0 Å². The molecule has 0 saturated heterocycles. The number of hydrogen-bond donors (Lipinski definition) is 0. The Hall–Kier alpha value is -5.16. The molecule has 0 saturated carbocycles. The zero-order valence-electron chi connectivity index (χ0n) is 28.4. The van der Waals surface area contributed by atoms with Gasteiger partial charge in [0.05, 0.1) is 22.7 Å². The Bertz CT molecular complexity index is 2350. The van der Waals surface area contributed by atoms with Crippen LogP contribution in [-0.4, -0.2) is 0 Å². The van der Waals surface area contributed by atoms with Gasteiger partial charge in [0, 0.05) is 36.4 Å². The number of allylic oxidation sites excluding steroid dienone is 4. The molecule has 2 heterocycles. The quantitative estimate of drug-likeness (QED) is 0.167. The Balaban J connectivity index is 1.10. The molecule has 6 aromatic carbocycles. The third kappa shape index (κ3) is 4.81. The molecule has 0 atom stereocenters. The summed E-state index contributed by atoms with van der Waals surface area (Å²) in [4.78, 5) is 10.1. The van der Waals surface area contributed by atoms with E-state index in [0.717, 1.165) is 34.1 Å². The van der Waals surface area contributed by atoms with Crippen LogP contribution in [0.3, 0.4) is 0 Å². The van der Waals surface area contributed by atoms with Crippen molar-refractivity contribution in [3.05, 3.63) is 175 Å². The average Bonchev–Trinajstić information content (AvgIpc) is 3.36. The number of hydrogen-bond acceptors (Lipinski definition) is 4. The molecule has 242 valence electrons. The van der Waals surface area contributed by atoms with E-state index in [1.54, 1.807) is 0 Å². The van der Waals surface area contributed by atoms with Crippen molar-refractivity contribution in [1.29, 1.82) is 0 Å².